The fourth-order valence-electron chi connectivity index (χ4n) is 1.63. The Morgan fingerprint density at radius 2 is 1.85 bits per heavy atom. The molecule has 0 saturated heterocycles. The summed E-state index contributed by atoms with van der Waals surface area (Å²) in [5, 5.41) is 2.93. The van der Waals surface area contributed by atoms with Gasteiger partial charge in [-0.15, -0.1) is 0 Å². The zero-order valence-electron chi connectivity index (χ0n) is 13.2. The molecule has 0 spiro atoms. The molecule has 0 bridgehead atoms. The van der Waals surface area contributed by atoms with Gasteiger partial charge in [-0.25, -0.2) is 0 Å². The van der Waals surface area contributed by atoms with Gasteiger partial charge in [-0.1, -0.05) is 0 Å². The van der Waals surface area contributed by atoms with Crippen molar-refractivity contribution in [2.24, 2.45) is 0 Å². The molecule has 7 nitrogen and oxygen atoms in total. The van der Waals surface area contributed by atoms with E-state index in [0.717, 1.165) is 0 Å². The second-order valence-electron chi connectivity index (χ2n) is 4.94. The van der Waals surface area contributed by atoms with E-state index in [1.54, 1.807) is 14.2 Å². The molecule has 1 rings (SSSR count). The summed E-state index contributed by atoms with van der Waals surface area (Å²) in [6.45, 7) is 9.37. The topological polar surface area (TPSA) is 72.4 Å². The Bertz CT molecular complexity index is 412. The van der Waals surface area contributed by atoms with E-state index in [0.29, 0.717) is 31.1 Å². The molecule has 0 aliphatic carbocycles. The molecule has 1 aromatic rings. The molecule has 0 aliphatic rings. The molecule has 0 aliphatic heterocycles. The van der Waals surface area contributed by atoms with E-state index in [1.165, 1.54) is 0 Å². The number of aromatic nitrogens is 3. The smallest absolute Gasteiger partial charge is 0.323 e. The van der Waals surface area contributed by atoms with Crippen molar-refractivity contribution in [2.75, 3.05) is 37.5 Å². The minimum Gasteiger partial charge on any atom is -0.461 e. The van der Waals surface area contributed by atoms with Gasteiger partial charge in [0.2, 0.25) is 11.9 Å². The Balaban J connectivity index is 3.05. The van der Waals surface area contributed by atoms with Crippen molar-refractivity contribution < 1.29 is 9.47 Å². The Morgan fingerprint density at radius 3 is 2.35 bits per heavy atom. The molecule has 0 fully saturated rings. The van der Waals surface area contributed by atoms with Gasteiger partial charge >= 0.3 is 6.01 Å². The van der Waals surface area contributed by atoms with Crippen LogP contribution in [-0.4, -0.2) is 54.4 Å². The summed E-state index contributed by atoms with van der Waals surface area (Å²) in [4.78, 5) is 15.0. The quantitative estimate of drug-likeness (QED) is 0.776. The Kier molecular flexibility index (Phi) is 6.44. The van der Waals surface area contributed by atoms with Crippen LogP contribution in [0.25, 0.3) is 0 Å². The van der Waals surface area contributed by atoms with Crippen LogP contribution in [-0.2, 0) is 4.74 Å². The number of ether oxygens (including phenoxy) is 2. The lowest BCUT2D eigenvalue weighted by Crippen LogP contribution is -2.35. The molecule has 7 heteroatoms. The predicted molar refractivity (Wildman–Crippen MR) is 79.5 cm³/mol. The summed E-state index contributed by atoms with van der Waals surface area (Å²) in [6, 6.07) is 0.585. The fraction of sp³-hybridized carbons (Fsp3) is 0.769. The van der Waals surface area contributed by atoms with Crippen LogP contribution in [0.3, 0.4) is 0 Å². The first-order chi connectivity index (χ1) is 9.47. The monoisotopic (exact) mass is 283 g/mol. The van der Waals surface area contributed by atoms with Crippen molar-refractivity contribution in [1.82, 2.24) is 15.0 Å². The van der Waals surface area contributed by atoms with Crippen molar-refractivity contribution in [3.05, 3.63) is 0 Å². The van der Waals surface area contributed by atoms with Gasteiger partial charge < -0.3 is 19.7 Å². The lowest BCUT2D eigenvalue weighted by Gasteiger charge is -2.26. The van der Waals surface area contributed by atoms with Crippen molar-refractivity contribution in [3.63, 3.8) is 0 Å². The second-order valence-corrected chi connectivity index (χ2v) is 4.94. The van der Waals surface area contributed by atoms with E-state index in [1.807, 2.05) is 13.8 Å². The number of nitrogens with one attached hydrogen (secondary N) is 1. The zero-order valence-corrected chi connectivity index (χ0v) is 13.2. The van der Waals surface area contributed by atoms with Gasteiger partial charge in [-0.2, -0.15) is 15.0 Å². The molecule has 0 aromatic carbocycles. The van der Waals surface area contributed by atoms with Crippen LogP contribution in [0.1, 0.15) is 27.7 Å². The van der Waals surface area contributed by atoms with Crippen molar-refractivity contribution in [2.45, 2.75) is 39.8 Å². The number of rotatable bonds is 8. The Hall–Kier alpha value is -1.63. The van der Waals surface area contributed by atoms with E-state index in [9.17, 15) is 0 Å². The molecule has 20 heavy (non-hydrogen) atoms. The molecule has 1 N–H and O–H groups in total. The van der Waals surface area contributed by atoms with Gasteiger partial charge in [0.1, 0.15) is 0 Å². The maximum Gasteiger partial charge on any atom is 0.323 e. The standard InChI is InChI=1S/C13H25N5O2/c1-9(2)18(7-8-19-6)12-15-11(14-5)16-13(17-12)20-10(3)4/h9-10H,7-8H2,1-6H3,(H,14,15,16,17). The fourth-order valence-corrected chi connectivity index (χ4v) is 1.63. The molecular weight excluding hydrogens is 258 g/mol. The lowest BCUT2D eigenvalue weighted by molar-refractivity contribution is 0.202. The number of methoxy groups -OCH3 is 1. The molecule has 0 radical (unpaired) electrons. The number of anilines is 2. The molecule has 1 heterocycles. The first kappa shape index (κ1) is 16.4. The maximum atomic E-state index is 5.57. The highest BCUT2D eigenvalue weighted by molar-refractivity contribution is 5.38. The largest absolute Gasteiger partial charge is 0.461 e. The molecule has 0 amide bonds. The third-order valence-electron chi connectivity index (χ3n) is 2.58. The van der Waals surface area contributed by atoms with Gasteiger partial charge in [-0.05, 0) is 27.7 Å². The number of hydrogen-bond donors (Lipinski definition) is 1. The van der Waals surface area contributed by atoms with Crippen molar-refractivity contribution in [3.8, 4) is 6.01 Å². The van der Waals surface area contributed by atoms with Crippen LogP contribution >= 0.6 is 0 Å². The SMILES string of the molecule is CNc1nc(OC(C)C)nc(N(CCOC)C(C)C)n1. The summed E-state index contributed by atoms with van der Waals surface area (Å²) >= 11 is 0. The highest BCUT2D eigenvalue weighted by Gasteiger charge is 2.17. The van der Waals surface area contributed by atoms with E-state index >= 15 is 0 Å². The summed E-state index contributed by atoms with van der Waals surface area (Å²) in [7, 11) is 3.45. The molecule has 0 unspecified atom stereocenters. The normalized spacial score (nSPS) is 11.0. The average molecular weight is 283 g/mol. The third kappa shape index (κ3) is 4.80. The summed E-state index contributed by atoms with van der Waals surface area (Å²) < 4.78 is 10.7. The lowest BCUT2D eigenvalue weighted by atomic mass is 10.3. The first-order valence-electron chi connectivity index (χ1n) is 6.84. The van der Waals surface area contributed by atoms with Crippen molar-refractivity contribution >= 4 is 11.9 Å². The van der Waals surface area contributed by atoms with Crippen LogP contribution < -0.4 is 15.0 Å². The highest BCUT2D eigenvalue weighted by atomic mass is 16.5. The van der Waals surface area contributed by atoms with Crippen LogP contribution in [0, 0.1) is 0 Å². The van der Waals surface area contributed by atoms with Gasteiger partial charge in [0, 0.05) is 26.7 Å². The molecule has 1 aromatic heterocycles. The van der Waals surface area contributed by atoms with Crippen molar-refractivity contribution in [1.29, 1.82) is 0 Å². The molecule has 114 valence electrons. The number of hydrogen-bond acceptors (Lipinski definition) is 7. The molecule has 0 atom stereocenters. The third-order valence-corrected chi connectivity index (χ3v) is 2.58. The molecular formula is C13H25N5O2. The summed E-state index contributed by atoms with van der Waals surface area (Å²) in [5.74, 6) is 1.08. The summed E-state index contributed by atoms with van der Waals surface area (Å²) in [6.07, 6.45) is 0.0152. The van der Waals surface area contributed by atoms with E-state index in [2.05, 4.69) is 39.0 Å². The molecule has 0 saturated carbocycles. The zero-order chi connectivity index (χ0) is 15.1. The summed E-state index contributed by atoms with van der Waals surface area (Å²) in [5.41, 5.74) is 0. The highest BCUT2D eigenvalue weighted by Crippen LogP contribution is 2.17. The van der Waals surface area contributed by atoms with E-state index in [4.69, 9.17) is 9.47 Å². The Morgan fingerprint density at radius 1 is 1.15 bits per heavy atom. The second kappa shape index (κ2) is 7.84. The van der Waals surface area contributed by atoms with Gasteiger partial charge in [0.15, 0.2) is 0 Å². The van der Waals surface area contributed by atoms with Crippen LogP contribution in [0.2, 0.25) is 0 Å². The Labute approximate surface area is 120 Å². The van der Waals surface area contributed by atoms with Crippen LogP contribution in [0.4, 0.5) is 11.9 Å². The number of nitrogens with zero attached hydrogens (tertiary/aromatic N) is 4. The minimum absolute atomic E-state index is 0.0152. The van der Waals surface area contributed by atoms with Gasteiger partial charge in [0.05, 0.1) is 12.7 Å². The van der Waals surface area contributed by atoms with E-state index < -0.39 is 0 Å². The van der Waals surface area contributed by atoms with Gasteiger partial charge in [0.25, 0.3) is 0 Å². The van der Waals surface area contributed by atoms with Crippen LogP contribution in [0.15, 0.2) is 0 Å². The first-order valence-corrected chi connectivity index (χ1v) is 6.84. The average Bonchev–Trinajstić information content (AvgIpc) is 2.37. The van der Waals surface area contributed by atoms with Gasteiger partial charge in [-0.3, -0.25) is 0 Å². The predicted octanol–water partition coefficient (Wildman–Crippen LogP) is 1.56. The minimum atomic E-state index is 0.0152. The van der Waals surface area contributed by atoms with E-state index in [-0.39, 0.29) is 12.1 Å². The van der Waals surface area contributed by atoms with Crippen LogP contribution in [0.5, 0.6) is 6.01 Å². The maximum absolute atomic E-state index is 5.57.